The number of alkyl carbamates (subject to hydrolysis) is 1. The third-order valence-corrected chi connectivity index (χ3v) is 4.52. The van der Waals surface area contributed by atoms with Gasteiger partial charge in [-0.15, -0.1) is 0 Å². The van der Waals surface area contributed by atoms with Gasteiger partial charge in [-0.2, -0.15) is 0 Å². The van der Waals surface area contributed by atoms with Crippen molar-refractivity contribution >= 4 is 28.7 Å². The molecule has 1 N–H and O–H groups in total. The van der Waals surface area contributed by atoms with E-state index in [0.717, 1.165) is 17.3 Å². The van der Waals surface area contributed by atoms with Crippen LogP contribution < -0.4 is 5.32 Å². The topological polar surface area (TPSA) is 98.5 Å². The van der Waals surface area contributed by atoms with Gasteiger partial charge in [-0.25, -0.2) is 4.79 Å². The number of hydrogen-bond acceptors (Lipinski definition) is 6. The number of amides is 1. The highest BCUT2D eigenvalue weighted by Crippen LogP contribution is 2.24. The van der Waals surface area contributed by atoms with Gasteiger partial charge in [-0.3, -0.25) is 14.9 Å². The molecule has 0 unspecified atom stereocenters. The van der Waals surface area contributed by atoms with Crippen molar-refractivity contribution in [2.45, 2.75) is 43.7 Å². The van der Waals surface area contributed by atoms with Crippen LogP contribution in [0.25, 0.3) is 0 Å². The van der Waals surface area contributed by atoms with Crippen molar-refractivity contribution in [2.75, 3.05) is 0 Å². The molecule has 8 heteroatoms. The van der Waals surface area contributed by atoms with E-state index in [1.165, 1.54) is 24.3 Å². The van der Waals surface area contributed by atoms with Gasteiger partial charge in [0.05, 0.1) is 4.92 Å². The predicted molar refractivity (Wildman–Crippen MR) is 107 cm³/mol. The first-order chi connectivity index (χ1) is 13.1. The van der Waals surface area contributed by atoms with E-state index < -0.39 is 22.7 Å². The maximum atomic E-state index is 12.8. The lowest BCUT2D eigenvalue weighted by Gasteiger charge is -2.23. The molecule has 148 valence electrons. The quantitative estimate of drug-likeness (QED) is 0.438. The summed E-state index contributed by atoms with van der Waals surface area (Å²) in [5.74, 6) is 0. The Bertz CT molecular complexity index is 832. The minimum Gasteiger partial charge on any atom is -0.444 e. The number of ether oxygens (including phenoxy) is 1. The molecular weight excluding hydrogens is 380 g/mol. The van der Waals surface area contributed by atoms with Crippen LogP contribution >= 0.6 is 11.8 Å². The van der Waals surface area contributed by atoms with Crippen LogP contribution in [0.1, 0.15) is 26.3 Å². The molecule has 0 spiro atoms. The van der Waals surface area contributed by atoms with E-state index in [1.807, 2.05) is 30.3 Å². The summed E-state index contributed by atoms with van der Waals surface area (Å²) in [6.07, 6.45) is -0.370. The molecular formula is C20H22N2O5S. The van der Waals surface area contributed by atoms with Gasteiger partial charge in [0.1, 0.15) is 11.6 Å². The summed E-state index contributed by atoms with van der Waals surface area (Å²) < 4.78 is 5.26. The molecule has 7 nitrogen and oxygen atoms in total. The van der Waals surface area contributed by atoms with E-state index in [9.17, 15) is 19.7 Å². The lowest BCUT2D eigenvalue weighted by Crippen LogP contribution is -2.43. The molecule has 0 aliphatic heterocycles. The average molecular weight is 402 g/mol. The van der Waals surface area contributed by atoms with Crippen LogP contribution in [0.5, 0.6) is 0 Å². The molecule has 2 rings (SSSR count). The van der Waals surface area contributed by atoms with Crippen molar-refractivity contribution in [3.05, 3.63) is 70.3 Å². The summed E-state index contributed by atoms with van der Waals surface area (Å²) in [4.78, 5) is 35.8. The molecule has 0 aliphatic rings. The highest BCUT2D eigenvalue weighted by molar-refractivity contribution is 8.13. The zero-order valence-corrected chi connectivity index (χ0v) is 16.7. The minimum atomic E-state index is -0.808. The molecule has 1 amide bonds. The van der Waals surface area contributed by atoms with Crippen LogP contribution in [0.15, 0.2) is 59.5 Å². The average Bonchev–Trinajstić information content (AvgIpc) is 2.61. The third-order valence-electron chi connectivity index (χ3n) is 3.52. The van der Waals surface area contributed by atoms with E-state index in [0.29, 0.717) is 11.3 Å². The molecule has 0 fully saturated rings. The zero-order chi connectivity index (χ0) is 20.7. The molecule has 0 bridgehead atoms. The summed E-state index contributed by atoms with van der Waals surface area (Å²) in [7, 11) is 0. The summed E-state index contributed by atoms with van der Waals surface area (Å²) in [5, 5.41) is 13.1. The lowest BCUT2D eigenvalue weighted by atomic mass is 10.1. The number of non-ortho nitro benzene ring substituents is 1. The second-order valence-corrected chi connectivity index (χ2v) is 8.14. The Hall–Kier alpha value is -2.87. The summed E-state index contributed by atoms with van der Waals surface area (Å²) in [6.45, 7) is 5.23. The van der Waals surface area contributed by atoms with E-state index in [1.54, 1.807) is 20.8 Å². The Kier molecular flexibility index (Phi) is 7.17. The fourth-order valence-corrected chi connectivity index (χ4v) is 3.11. The highest BCUT2D eigenvalue weighted by atomic mass is 32.2. The van der Waals surface area contributed by atoms with E-state index in [4.69, 9.17) is 4.74 Å². The van der Waals surface area contributed by atoms with Crippen molar-refractivity contribution in [3.8, 4) is 0 Å². The van der Waals surface area contributed by atoms with Gasteiger partial charge in [0.15, 0.2) is 0 Å². The fraction of sp³-hybridized carbons (Fsp3) is 0.300. The smallest absolute Gasteiger partial charge is 0.408 e. The molecule has 0 saturated heterocycles. The van der Waals surface area contributed by atoms with E-state index in [2.05, 4.69) is 5.32 Å². The van der Waals surface area contributed by atoms with Gasteiger partial charge in [0.25, 0.3) is 5.69 Å². The number of rotatable bonds is 6. The van der Waals surface area contributed by atoms with Gasteiger partial charge >= 0.3 is 6.09 Å². The minimum absolute atomic E-state index is 0.0514. The molecule has 0 aromatic heterocycles. The maximum absolute atomic E-state index is 12.8. The van der Waals surface area contributed by atoms with Crippen LogP contribution in [0.3, 0.4) is 0 Å². The molecule has 0 saturated carbocycles. The van der Waals surface area contributed by atoms with Gasteiger partial charge in [-0.05, 0) is 50.2 Å². The molecule has 28 heavy (non-hydrogen) atoms. The van der Waals surface area contributed by atoms with Crippen LogP contribution in [-0.4, -0.2) is 27.8 Å². The standard InChI is InChI=1S/C20H22N2O5S/c1-20(2,3)27-19(24)21-17(13-14-7-5-4-6-8-14)18(23)28-16-11-9-15(10-12-16)22(25)26/h4-12,17H,13H2,1-3H3,(H,21,24)/t17-/m0/s1. The Morgan fingerprint density at radius 3 is 2.25 bits per heavy atom. The first-order valence-electron chi connectivity index (χ1n) is 8.63. The van der Waals surface area contributed by atoms with Gasteiger partial charge in [0.2, 0.25) is 5.12 Å². The molecule has 1 atom stereocenters. The molecule has 0 aliphatic carbocycles. The number of thioether (sulfide) groups is 1. The number of hydrogen-bond donors (Lipinski definition) is 1. The first kappa shape index (κ1) is 21.4. The number of carbonyl (C=O) groups is 2. The Balaban J connectivity index is 2.13. The van der Waals surface area contributed by atoms with Crippen molar-refractivity contribution < 1.29 is 19.2 Å². The van der Waals surface area contributed by atoms with Gasteiger partial charge in [0, 0.05) is 23.4 Å². The van der Waals surface area contributed by atoms with Crippen LogP contribution in [0.4, 0.5) is 10.5 Å². The molecule has 0 radical (unpaired) electrons. The van der Waals surface area contributed by atoms with Crippen LogP contribution in [-0.2, 0) is 16.0 Å². The monoisotopic (exact) mass is 402 g/mol. The maximum Gasteiger partial charge on any atom is 0.408 e. The number of nitro groups is 1. The lowest BCUT2D eigenvalue weighted by molar-refractivity contribution is -0.384. The Labute approximate surface area is 167 Å². The second-order valence-electron chi connectivity index (χ2n) is 7.06. The normalized spacial score (nSPS) is 12.1. The molecule has 2 aromatic rings. The third kappa shape index (κ3) is 7.03. The van der Waals surface area contributed by atoms with Gasteiger partial charge < -0.3 is 10.1 Å². The Morgan fingerprint density at radius 2 is 1.71 bits per heavy atom. The number of benzene rings is 2. The first-order valence-corrected chi connectivity index (χ1v) is 9.45. The van der Waals surface area contributed by atoms with Gasteiger partial charge in [-0.1, -0.05) is 30.3 Å². The number of nitrogens with zero attached hydrogens (tertiary/aromatic N) is 1. The number of nitro benzene ring substituents is 1. The molecule has 2 aromatic carbocycles. The summed E-state index contributed by atoms with van der Waals surface area (Å²) >= 11 is 0.920. The Morgan fingerprint density at radius 1 is 1.11 bits per heavy atom. The van der Waals surface area contributed by atoms with E-state index in [-0.39, 0.29) is 10.8 Å². The predicted octanol–water partition coefficient (Wildman–Crippen LogP) is 4.35. The van der Waals surface area contributed by atoms with Crippen molar-refractivity contribution in [1.29, 1.82) is 0 Å². The highest BCUT2D eigenvalue weighted by Gasteiger charge is 2.25. The molecule has 0 heterocycles. The van der Waals surface area contributed by atoms with Crippen LogP contribution in [0.2, 0.25) is 0 Å². The largest absolute Gasteiger partial charge is 0.444 e. The fourth-order valence-electron chi connectivity index (χ4n) is 2.32. The number of carbonyl (C=O) groups excluding carboxylic acids is 2. The van der Waals surface area contributed by atoms with Crippen LogP contribution in [0, 0.1) is 10.1 Å². The zero-order valence-electron chi connectivity index (χ0n) is 15.9. The van der Waals surface area contributed by atoms with E-state index >= 15 is 0 Å². The van der Waals surface area contributed by atoms with Crippen molar-refractivity contribution in [1.82, 2.24) is 5.32 Å². The SMILES string of the molecule is CC(C)(C)OC(=O)N[C@@H](Cc1ccccc1)C(=O)Sc1ccc([N+](=O)[O-])cc1. The van der Waals surface area contributed by atoms with Crippen molar-refractivity contribution in [3.63, 3.8) is 0 Å². The number of nitrogens with one attached hydrogen (secondary N) is 1. The summed E-state index contributed by atoms with van der Waals surface area (Å²) in [6, 6.07) is 14.2. The summed E-state index contributed by atoms with van der Waals surface area (Å²) in [5.41, 5.74) is 0.154. The second kappa shape index (κ2) is 9.36. The van der Waals surface area contributed by atoms with Crippen molar-refractivity contribution in [2.24, 2.45) is 0 Å².